The van der Waals surface area contributed by atoms with Crippen LogP contribution in [0.4, 0.5) is 5.69 Å². The van der Waals surface area contributed by atoms with E-state index >= 15 is 0 Å². The summed E-state index contributed by atoms with van der Waals surface area (Å²) in [5.74, 6) is 0.269. The number of carbonyl (C=O) groups is 2. The fraction of sp³-hybridized carbons (Fsp3) is 0.333. The molecule has 2 amide bonds. The minimum Gasteiger partial charge on any atom is -0.467 e. The third-order valence-electron chi connectivity index (χ3n) is 4.37. The Bertz CT molecular complexity index is 726. The Morgan fingerprint density at radius 3 is 2.79 bits per heavy atom. The molecule has 6 heteroatoms. The molecular formula is C18H21N3O3. The number of hydrogen-bond acceptors (Lipinski definition) is 4. The number of nitrogens with two attached hydrogens (primary N) is 1. The van der Waals surface area contributed by atoms with Gasteiger partial charge in [-0.05, 0) is 31.0 Å². The van der Waals surface area contributed by atoms with E-state index < -0.39 is 6.04 Å². The lowest BCUT2D eigenvalue weighted by molar-refractivity contribution is -0.124. The largest absolute Gasteiger partial charge is 0.467 e. The summed E-state index contributed by atoms with van der Waals surface area (Å²) in [6.07, 6.45) is 2.90. The fourth-order valence-corrected chi connectivity index (χ4v) is 3.02. The highest BCUT2D eigenvalue weighted by atomic mass is 16.3. The maximum atomic E-state index is 12.9. The number of hydrogen-bond donors (Lipinski definition) is 1. The van der Waals surface area contributed by atoms with E-state index in [0.29, 0.717) is 24.3 Å². The number of likely N-dealkylation sites (N-methyl/N-ethyl adjacent to an activating group) is 1. The lowest BCUT2D eigenvalue weighted by atomic mass is 10.0. The van der Waals surface area contributed by atoms with Crippen molar-refractivity contribution in [2.45, 2.75) is 25.4 Å². The van der Waals surface area contributed by atoms with Crippen molar-refractivity contribution in [2.75, 3.05) is 18.5 Å². The van der Waals surface area contributed by atoms with E-state index in [1.54, 1.807) is 18.0 Å². The van der Waals surface area contributed by atoms with E-state index in [9.17, 15) is 9.59 Å². The van der Waals surface area contributed by atoms with Gasteiger partial charge in [-0.15, -0.1) is 0 Å². The molecule has 0 aliphatic carbocycles. The third-order valence-corrected chi connectivity index (χ3v) is 4.37. The van der Waals surface area contributed by atoms with Gasteiger partial charge in [-0.2, -0.15) is 0 Å². The van der Waals surface area contributed by atoms with Gasteiger partial charge in [-0.25, -0.2) is 0 Å². The highest BCUT2D eigenvalue weighted by Gasteiger charge is 2.35. The second kappa shape index (κ2) is 6.88. The van der Waals surface area contributed by atoms with Gasteiger partial charge >= 0.3 is 0 Å². The SMILES string of the molecule is CN(C(=O)c1coc(CN)c1)C1CCCN(c2ccccc2)C1=O. The number of piperidine rings is 1. The molecule has 2 N–H and O–H groups in total. The minimum absolute atomic E-state index is 0.0501. The Labute approximate surface area is 140 Å². The van der Waals surface area contributed by atoms with Crippen LogP contribution in [0.1, 0.15) is 29.0 Å². The first-order valence-electron chi connectivity index (χ1n) is 8.03. The van der Waals surface area contributed by atoms with Gasteiger partial charge in [0.15, 0.2) is 0 Å². The van der Waals surface area contributed by atoms with Crippen LogP contribution in [0.2, 0.25) is 0 Å². The second-order valence-electron chi connectivity index (χ2n) is 5.91. The van der Waals surface area contributed by atoms with E-state index in [2.05, 4.69) is 0 Å². The Balaban J connectivity index is 1.77. The van der Waals surface area contributed by atoms with Gasteiger partial charge < -0.3 is 20.0 Å². The topological polar surface area (TPSA) is 79.8 Å². The Morgan fingerprint density at radius 2 is 2.12 bits per heavy atom. The summed E-state index contributed by atoms with van der Waals surface area (Å²) >= 11 is 0. The normalized spacial score (nSPS) is 17.8. The molecule has 1 aromatic heterocycles. The first-order valence-corrected chi connectivity index (χ1v) is 8.03. The molecule has 0 radical (unpaired) electrons. The molecule has 0 saturated carbocycles. The lowest BCUT2D eigenvalue weighted by Gasteiger charge is -2.36. The zero-order chi connectivity index (χ0) is 17.1. The fourth-order valence-electron chi connectivity index (χ4n) is 3.02. The summed E-state index contributed by atoms with van der Waals surface area (Å²) in [7, 11) is 1.66. The molecule has 1 aromatic carbocycles. The van der Waals surface area contributed by atoms with E-state index in [4.69, 9.17) is 10.2 Å². The number of nitrogens with zero attached hydrogens (tertiary/aromatic N) is 2. The van der Waals surface area contributed by atoms with E-state index in [-0.39, 0.29) is 18.4 Å². The van der Waals surface area contributed by atoms with Gasteiger partial charge in [-0.3, -0.25) is 9.59 Å². The summed E-state index contributed by atoms with van der Waals surface area (Å²) in [6, 6.07) is 10.7. The van der Waals surface area contributed by atoms with Crippen LogP contribution in [-0.4, -0.2) is 36.3 Å². The van der Waals surface area contributed by atoms with Crippen LogP contribution in [0.15, 0.2) is 47.1 Å². The van der Waals surface area contributed by atoms with Crippen molar-refractivity contribution >= 4 is 17.5 Å². The molecule has 0 bridgehead atoms. The summed E-state index contributed by atoms with van der Waals surface area (Å²) < 4.78 is 5.22. The summed E-state index contributed by atoms with van der Waals surface area (Å²) in [4.78, 5) is 28.7. The molecule has 24 heavy (non-hydrogen) atoms. The van der Waals surface area contributed by atoms with Crippen molar-refractivity contribution in [3.05, 3.63) is 54.0 Å². The van der Waals surface area contributed by atoms with Gasteiger partial charge in [0.1, 0.15) is 18.1 Å². The standard InChI is InChI=1S/C18H21N3O3/c1-20(17(22)13-10-15(11-19)24-12-13)16-8-5-9-21(18(16)23)14-6-3-2-4-7-14/h2-4,6-7,10,12,16H,5,8-9,11,19H2,1H3. The van der Waals surface area contributed by atoms with Gasteiger partial charge in [0.05, 0.1) is 12.1 Å². The summed E-state index contributed by atoms with van der Waals surface area (Å²) in [6.45, 7) is 0.908. The van der Waals surface area contributed by atoms with Crippen molar-refractivity contribution in [2.24, 2.45) is 5.73 Å². The molecule has 2 heterocycles. The first-order chi connectivity index (χ1) is 11.6. The maximum Gasteiger partial charge on any atom is 0.257 e. The molecule has 1 aliphatic heterocycles. The Kier molecular flexibility index (Phi) is 4.66. The first kappa shape index (κ1) is 16.3. The number of anilines is 1. The van der Waals surface area contributed by atoms with Crippen LogP contribution in [-0.2, 0) is 11.3 Å². The summed E-state index contributed by atoms with van der Waals surface area (Å²) in [5.41, 5.74) is 6.79. The molecule has 6 nitrogen and oxygen atoms in total. The second-order valence-corrected chi connectivity index (χ2v) is 5.91. The van der Waals surface area contributed by atoms with Crippen molar-refractivity contribution in [3.63, 3.8) is 0 Å². The Morgan fingerprint density at radius 1 is 1.38 bits per heavy atom. The van der Waals surface area contributed by atoms with Crippen LogP contribution < -0.4 is 10.6 Å². The smallest absolute Gasteiger partial charge is 0.257 e. The molecule has 1 saturated heterocycles. The minimum atomic E-state index is -0.470. The van der Waals surface area contributed by atoms with E-state index in [1.807, 2.05) is 30.3 Å². The van der Waals surface area contributed by atoms with Gasteiger partial charge in [0, 0.05) is 19.3 Å². The average molecular weight is 327 g/mol. The summed E-state index contributed by atoms with van der Waals surface area (Å²) in [5, 5.41) is 0. The van der Waals surface area contributed by atoms with Gasteiger partial charge in [0.2, 0.25) is 5.91 Å². The number of carbonyl (C=O) groups excluding carboxylic acids is 2. The maximum absolute atomic E-state index is 12.9. The number of para-hydroxylation sites is 1. The molecule has 2 aromatic rings. The quantitative estimate of drug-likeness (QED) is 0.931. The monoisotopic (exact) mass is 327 g/mol. The molecule has 1 atom stereocenters. The number of rotatable bonds is 4. The predicted octanol–water partition coefficient (Wildman–Crippen LogP) is 2.01. The molecule has 1 fully saturated rings. The molecule has 126 valence electrons. The molecular weight excluding hydrogens is 306 g/mol. The highest BCUT2D eigenvalue weighted by Crippen LogP contribution is 2.24. The lowest BCUT2D eigenvalue weighted by Crippen LogP contribution is -2.53. The van der Waals surface area contributed by atoms with Crippen molar-refractivity contribution < 1.29 is 14.0 Å². The van der Waals surface area contributed by atoms with Crippen LogP contribution >= 0.6 is 0 Å². The van der Waals surface area contributed by atoms with Gasteiger partial charge in [0.25, 0.3) is 5.91 Å². The van der Waals surface area contributed by atoms with Crippen LogP contribution in [0.25, 0.3) is 0 Å². The number of furan rings is 1. The van der Waals surface area contributed by atoms with Crippen LogP contribution in [0, 0.1) is 0 Å². The van der Waals surface area contributed by atoms with Crippen LogP contribution in [0.5, 0.6) is 0 Å². The highest BCUT2D eigenvalue weighted by molar-refractivity contribution is 6.02. The molecule has 0 spiro atoms. The zero-order valence-electron chi connectivity index (χ0n) is 13.6. The number of benzene rings is 1. The Hall–Kier alpha value is -2.60. The molecule has 3 rings (SSSR count). The predicted molar refractivity (Wildman–Crippen MR) is 90.5 cm³/mol. The van der Waals surface area contributed by atoms with E-state index in [0.717, 1.165) is 12.1 Å². The van der Waals surface area contributed by atoms with Crippen LogP contribution in [0.3, 0.4) is 0 Å². The van der Waals surface area contributed by atoms with Crippen molar-refractivity contribution in [1.82, 2.24) is 4.90 Å². The zero-order valence-corrected chi connectivity index (χ0v) is 13.6. The molecule has 1 aliphatic rings. The molecule has 1 unspecified atom stereocenters. The number of amides is 2. The third kappa shape index (κ3) is 3.05. The van der Waals surface area contributed by atoms with Crippen molar-refractivity contribution in [3.8, 4) is 0 Å². The van der Waals surface area contributed by atoms with E-state index in [1.165, 1.54) is 11.2 Å². The van der Waals surface area contributed by atoms with Gasteiger partial charge in [-0.1, -0.05) is 18.2 Å². The van der Waals surface area contributed by atoms with Crippen molar-refractivity contribution in [1.29, 1.82) is 0 Å². The average Bonchev–Trinajstić information content (AvgIpc) is 3.10.